The number of nitrogens with two attached hydrogens (primary N) is 1. The lowest BCUT2D eigenvalue weighted by molar-refractivity contribution is -0.119. The highest BCUT2D eigenvalue weighted by Gasteiger charge is 2.23. The van der Waals surface area contributed by atoms with Crippen molar-refractivity contribution < 1.29 is 4.79 Å². The molecular formula is C19H28IN5O. The summed E-state index contributed by atoms with van der Waals surface area (Å²) in [6, 6.07) is 10.5. The third kappa shape index (κ3) is 5.36. The molecule has 0 spiro atoms. The minimum absolute atomic E-state index is 0. The zero-order chi connectivity index (χ0) is 17.6. The lowest BCUT2D eigenvalue weighted by Gasteiger charge is -2.34. The van der Waals surface area contributed by atoms with Crippen molar-refractivity contribution in [2.75, 3.05) is 26.7 Å². The number of aromatic amines is 1. The molecule has 1 atom stereocenters. The average Bonchev–Trinajstić information content (AvgIpc) is 3.01. The second kappa shape index (κ2) is 9.80. The highest BCUT2D eigenvalue weighted by molar-refractivity contribution is 14.0. The van der Waals surface area contributed by atoms with Crippen LogP contribution in [0.15, 0.2) is 35.3 Å². The summed E-state index contributed by atoms with van der Waals surface area (Å²) in [5.41, 5.74) is 7.74. The molecule has 0 aliphatic carbocycles. The predicted octanol–water partition coefficient (Wildman–Crippen LogP) is 2.49. The van der Waals surface area contributed by atoms with Crippen LogP contribution in [0.1, 0.15) is 25.0 Å². The van der Waals surface area contributed by atoms with Crippen LogP contribution in [0.5, 0.6) is 0 Å². The van der Waals surface area contributed by atoms with E-state index < -0.39 is 0 Å². The Bertz CT molecular complexity index is 724. The molecule has 1 unspecified atom stereocenters. The maximum absolute atomic E-state index is 11.2. The summed E-state index contributed by atoms with van der Waals surface area (Å²) in [5.74, 6) is 1.03. The number of hydrogen-bond acceptors (Lipinski definition) is 2. The summed E-state index contributed by atoms with van der Waals surface area (Å²) in [6.07, 6.45) is 3.50. The van der Waals surface area contributed by atoms with Crippen molar-refractivity contribution in [2.45, 2.75) is 25.7 Å². The van der Waals surface area contributed by atoms with Gasteiger partial charge in [0.05, 0.1) is 0 Å². The number of nitrogens with one attached hydrogen (secondary N) is 2. The molecule has 1 aliphatic rings. The lowest BCUT2D eigenvalue weighted by atomic mass is 9.95. The summed E-state index contributed by atoms with van der Waals surface area (Å²) >= 11 is 0. The molecule has 3 rings (SSSR count). The fourth-order valence-electron chi connectivity index (χ4n) is 3.62. The molecule has 1 saturated heterocycles. The van der Waals surface area contributed by atoms with Crippen LogP contribution in [0.25, 0.3) is 10.9 Å². The number of primary amides is 1. The highest BCUT2D eigenvalue weighted by atomic mass is 127. The number of hydrogen-bond donors (Lipinski definition) is 3. The van der Waals surface area contributed by atoms with Gasteiger partial charge in [0.2, 0.25) is 5.91 Å². The molecule has 142 valence electrons. The van der Waals surface area contributed by atoms with Gasteiger partial charge in [-0.05, 0) is 36.3 Å². The maximum atomic E-state index is 11.2. The van der Waals surface area contributed by atoms with E-state index in [-0.39, 0.29) is 29.9 Å². The number of H-pyrrole nitrogens is 1. The number of benzene rings is 1. The number of amides is 1. The van der Waals surface area contributed by atoms with E-state index >= 15 is 0 Å². The number of para-hydroxylation sites is 1. The van der Waals surface area contributed by atoms with Gasteiger partial charge in [-0.3, -0.25) is 9.79 Å². The van der Waals surface area contributed by atoms with Gasteiger partial charge in [0, 0.05) is 50.7 Å². The van der Waals surface area contributed by atoms with Crippen LogP contribution < -0.4 is 11.1 Å². The fourth-order valence-corrected chi connectivity index (χ4v) is 3.62. The molecule has 1 fully saturated rings. The van der Waals surface area contributed by atoms with Crippen LogP contribution in [0, 0.1) is 5.92 Å². The Kier molecular flexibility index (Phi) is 7.74. The van der Waals surface area contributed by atoms with Gasteiger partial charge in [0.15, 0.2) is 5.96 Å². The van der Waals surface area contributed by atoms with Gasteiger partial charge < -0.3 is 20.9 Å². The number of guanidine groups is 1. The first-order chi connectivity index (χ1) is 12.2. The van der Waals surface area contributed by atoms with Crippen LogP contribution in [-0.4, -0.2) is 48.4 Å². The minimum atomic E-state index is -0.214. The molecule has 1 amide bonds. The number of carbonyl (C=O) groups excluding carboxylic acids is 1. The predicted molar refractivity (Wildman–Crippen MR) is 117 cm³/mol. The molecule has 0 saturated carbocycles. The zero-order valence-electron chi connectivity index (χ0n) is 15.2. The van der Waals surface area contributed by atoms with Gasteiger partial charge in [-0.25, -0.2) is 0 Å². The van der Waals surface area contributed by atoms with Gasteiger partial charge in [0.1, 0.15) is 0 Å². The monoisotopic (exact) mass is 469 g/mol. The van der Waals surface area contributed by atoms with Gasteiger partial charge in [-0.15, -0.1) is 24.0 Å². The number of carbonyl (C=O) groups is 1. The summed E-state index contributed by atoms with van der Waals surface area (Å²) < 4.78 is 0. The Morgan fingerprint density at radius 2 is 2.23 bits per heavy atom. The summed E-state index contributed by atoms with van der Waals surface area (Å²) in [5, 5.41) is 4.69. The summed E-state index contributed by atoms with van der Waals surface area (Å²) in [4.78, 5) is 21.3. The largest absolute Gasteiger partial charge is 0.370 e. The number of likely N-dealkylation sites (tertiary alicyclic amines) is 1. The highest BCUT2D eigenvalue weighted by Crippen LogP contribution is 2.19. The van der Waals surface area contributed by atoms with Crippen molar-refractivity contribution in [1.29, 1.82) is 0 Å². The molecule has 26 heavy (non-hydrogen) atoms. The van der Waals surface area contributed by atoms with Crippen LogP contribution in [0.2, 0.25) is 0 Å². The molecule has 4 N–H and O–H groups in total. The molecule has 0 bridgehead atoms. The number of aliphatic imine (C=N–C) groups is 1. The van der Waals surface area contributed by atoms with E-state index in [2.05, 4.69) is 44.5 Å². The minimum Gasteiger partial charge on any atom is -0.370 e. The molecule has 1 aliphatic heterocycles. The normalized spacial score (nSPS) is 17.8. The molecule has 1 aromatic heterocycles. The van der Waals surface area contributed by atoms with Crippen molar-refractivity contribution in [3.63, 3.8) is 0 Å². The third-order valence-corrected chi connectivity index (χ3v) is 4.78. The van der Waals surface area contributed by atoms with Crippen molar-refractivity contribution >= 4 is 46.7 Å². The molecular weight excluding hydrogens is 441 g/mol. The van der Waals surface area contributed by atoms with Crippen LogP contribution in [0.4, 0.5) is 0 Å². The third-order valence-electron chi connectivity index (χ3n) is 4.78. The van der Waals surface area contributed by atoms with Gasteiger partial charge >= 0.3 is 0 Å². The second-order valence-corrected chi connectivity index (χ2v) is 6.73. The van der Waals surface area contributed by atoms with Gasteiger partial charge in [0.25, 0.3) is 0 Å². The van der Waals surface area contributed by atoms with E-state index in [9.17, 15) is 4.79 Å². The van der Waals surface area contributed by atoms with Crippen molar-refractivity contribution in [2.24, 2.45) is 16.6 Å². The molecule has 6 nitrogen and oxygen atoms in total. The smallest absolute Gasteiger partial charge is 0.217 e. The Balaban J connectivity index is 0.00000243. The average molecular weight is 469 g/mol. The molecule has 1 aromatic carbocycles. The van der Waals surface area contributed by atoms with E-state index in [0.717, 1.165) is 44.9 Å². The zero-order valence-corrected chi connectivity index (χ0v) is 17.5. The fraction of sp³-hybridized carbons (Fsp3) is 0.474. The molecule has 2 heterocycles. The van der Waals surface area contributed by atoms with Crippen LogP contribution in [0.3, 0.4) is 0 Å². The van der Waals surface area contributed by atoms with Crippen molar-refractivity contribution in [1.82, 2.24) is 15.2 Å². The molecule has 0 radical (unpaired) electrons. The first-order valence-electron chi connectivity index (χ1n) is 8.96. The van der Waals surface area contributed by atoms with E-state index in [1.165, 1.54) is 16.6 Å². The number of piperidine rings is 1. The number of halogens is 1. The maximum Gasteiger partial charge on any atom is 0.217 e. The quantitative estimate of drug-likeness (QED) is 0.357. The first kappa shape index (κ1) is 20.5. The van der Waals surface area contributed by atoms with Crippen molar-refractivity contribution in [3.8, 4) is 0 Å². The Hall–Kier alpha value is -1.77. The second-order valence-electron chi connectivity index (χ2n) is 6.73. The van der Waals surface area contributed by atoms with E-state index in [1.54, 1.807) is 0 Å². The number of rotatable bonds is 5. The molecule has 7 heteroatoms. The van der Waals surface area contributed by atoms with Crippen molar-refractivity contribution in [3.05, 3.63) is 36.0 Å². The van der Waals surface area contributed by atoms with E-state index in [0.29, 0.717) is 12.3 Å². The summed E-state index contributed by atoms with van der Waals surface area (Å²) in [7, 11) is 1.81. The van der Waals surface area contributed by atoms with Gasteiger partial charge in [-0.1, -0.05) is 18.2 Å². The lowest BCUT2D eigenvalue weighted by Crippen LogP contribution is -2.47. The van der Waals surface area contributed by atoms with Gasteiger partial charge in [-0.2, -0.15) is 0 Å². The Morgan fingerprint density at radius 3 is 2.96 bits per heavy atom. The van der Waals surface area contributed by atoms with E-state index in [4.69, 9.17) is 5.73 Å². The topological polar surface area (TPSA) is 86.5 Å². The molecule has 2 aromatic rings. The SMILES string of the molecule is CN=C(NCCc1cc2ccccc2[nH]1)N1CCCC(CC(N)=O)C1.I. The van der Waals surface area contributed by atoms with Crippen LogP contribution >= 0.6 is 24.0 Å². The summed E-state index contributed by atoms with van der Waals surface area (Å²) in [6.45, 7) is 2.63. The number of fused-ring (bicyclic) bond motifs is 1. The number of aromatic nitrogens is 1. The van der Waals surface area contributed by atoms with Crippen LogP contribution in [-0.2, 0) is 11.2 Å². The Morgan fingerprint density at radius 1 is 1.42 bits per heavy atom. The number of nitrogens with zero attached hydrogens (tertiary/aromatic N) is 2. The first-order valence-corrected chi connectivity index (χ1v) is 8.96. The standard InChI is InChI=1S/C19H27N5O.HI/c1-21-19(24-10-4-5-14(13-24)11-18(20)25)22-9-8-16-12-15-6-2-3-7-17(15)23-16;/h2-3,6-7,12,14,23H,4-5,8-11,13H2,1H3,(H2,20,25)(H,21,22);1H. The Labute approximate surface area is 171 Å². The van der Waals surface area contributed by atoms with E-state index in [1.807, 2.05) is 13.1 Å².